The predicted molar refractivity (Wildman–Crippen MR) is 82.9 cm³/mol. The van der Waals surface area contributed by atoms with E-state index in [1.807, 2.05) is 36.0 Å². The van der Waals surface area contributed by atoms with Crippen molar-refractivity contribution in [3.8, 4) is 11.4 Å². The average molecular weight is 289 g/mol. The van der Waals surface area contributed by atoms with Crippen molar-refractivity contribution < 1.29 is 9.47 Å². The van der Waals surface area contributed by atoms with Crippen LogP contribution in [0.1, 0.15) is 12.5 Å². The molecule has 0 aliphatic carbocycles. The lowest BCUT2D eigenvalue weighted by atomic mass is 10.1. The largest absolute Gasteiger partial charge is 0.497 e. The first-order valence-electron chi connectivity index (χ1n) is 7.17. The molecule has 0 fully saturated rings. The number of rotatable bonds is 8. The Bertz CT molecular complexity index is 540. The van der Waals surface area contributed by atoms with Crippen molar-refractivity contribution >= 4 is 0 Å². The summed E-state index contributed by atoms with van der Waals surface area (Å²) in [5.74, 6) is 0.860. The molecule has 114 valence electrons. The van der Waals surface area contributed by atoms with Crippen LogP contribution in [0.4, 0.5) is 0 Å². The van der Waals surface area contributed by atoms with Gasteiger partial charge in [-0.05, 0) is 43.8 Å². The van der Waals surface area contributed by atoms with Gasteiger partial charge in [0.25, 0.3) is 0 Å². The fourth-order valence-corrected chi connectivity index (χ4v) is 2.18. The smallest absolute Gasteiger partial charge is 0.119 e. The minimum Gasteiger partial charge on any atom is -0.497 e. The monoisotopic (exact) mass is 289 g/mol. The van der Waals surface area contributed by atoms with Crippen molar-refractivity contribution in [1.82, 2.24) is 14.7 Å². The Labute approximate surface area is 126 Å². The third kappa shape index (κ3) is 4.31. The van der Waals surface area contributed by atoms with Crippen LogP contribution in [0, 0.1) is 0 Å². The lowest BCUT2D eigenvalue weighted by molar-refractivity contribution is 0.120. The maximum Gasteiger partial charge on any atom is 0.119 e. The summed E-state index contributed by atoms with van der Waals surface area (Å²) in [6, 6.07) is 7.99. The minimum atomic E-state index is 0.744. The van der Waals surface area contributed by atoms with E-state index in [9.17, 15) is 0 Å². The molecule has 0 atom stereocenters. The van der Waals surface area contributed by atoms with Crippen molar-refractivity contribution in [2.45, 2.75) is 13.5 Å². The van der Waals surface area contributed by atoms with Gasteiger partial charge in [0.15, 0.2) is 0 Å². The molecular weight excluding hydrogens is 266 g/mol. The molecular formula is C16H23N3O2. The minimum absolute atomic E-state index is 0.744. The van der Waals surface area contributed by atoms with Gasteiger partial charge in [-0.25, -0.2) is 4.68 Å². The van der Waals surface area contributed by atoms with Gasteiger partial charge >= 0.3 is 0 Å². The number of hydrogen-bond acceptors (Lipinski definition) is 4. The zero-order valence-electron chi connectivity index (χ0n) is 13.0. The molecule has 0 bridgehead atoms. The molecule has 5 nitrogen and oxygen atoms in total. The Hall–Kier alpha value is -1.85. The molecule has 0 saturated carbocycles. The molecule has 1 aromatic carbocycles. The zero-order chi connectivity index (χ0) is 15.1. The van der Waals surface area contributed by atoms with E-state index in [4.69, 9.17) is 9.47 Å². The van der Waals surface area contributed by atoms with E-state index in [0.717, 1.165) is 37.7 Å². The fourth-order valence-electron chi connectivity index (χ4n) is 2.18. The molecule has 2 aromatic rings. The predicted octanol–water partition coefficient (Wildman–Crippen LogP) is 2.35. The standard InChI is InChI=1S/C16H23N3O2/c1-4-21-11-10-18(2)13-14-12-15(20-3)6-7-16(14)19-9-5-8-17-19/h5-9,12H,4,10-11,13H2,1-3H3. The third-order valence-electron chi connectivity index (χ3n) is 3.30. The van der Waals surface area contributed by atoms with Gasteiger partial charge in [0.1, 0.15) is 5.75 Å². The quantitative estimate of drug-likeness (QED) is 0.699. The van der Waals surface area contributed by atoms with Gasteiger partial charge in [-0.2, -0.15) is 5.10 Å². The van der Waals surface area contributed by atoms with E-state index in [1.165, 1.54) is 5.56 Å². The number of nitrogens with zero attached hydrogens (tertiary/aromatic N) is 3. The number of hydrogen-bond donors (Lipinski definition) is 0. The van der Waals surface area contributed by atoms with Crippen LogP contribution in [0.3, 0.4) is 0 Å². The summed E-state index contributed by atoms with van der Waals surface area (Å²) in [6.45, 7) is 5.22. The van der Waals surface area contributed by atoms with Gasteiger partial charge in [-0.15, -0.1) is 0 Å². The van der Waals surface area contributed by atoms with Gasteiger partial charge in [0, 0.05) is 32.1 Å². The van der Waals surface area contributed by atoms with E-state index >= 15 is 0 Å². The third-order valence-corrected chi connectivity index (χ3v) is 3.30. The topological polar surface area (TPSA) is 39.5 Å². The molecule has 0 N–H and O–H groups in total. The molecule has 5 heteroatoms. The Morgan fingerprint density at radius 1 is 1.33 bits per heavy atom. The molecule has 0 aliphatic heterocycles. The van der Waals surface area contributed by atoms with E-state index < -0.39 is 0 Å². The first-order valence-corrected chi connectivity index (χ1v) is 7.17. The van der Waals surface area contributed by atoms with Crippen LogP contribution in [0.5, 0.6) is 5.75 Å². The molecule has 2 rings (SSSR count). The summed E-state index contributed by atoms with van der Waals surface area (Å²) in [6.07, 6.45) is 3.73. The highest BCUT2D eigenvalue weighted by molar-refractivity contribution is 5.45. The highest BCUT2D eigenvalue weighted by Crippen LogP contribution is 2.21. The first-order chi connectivity index (χ1) is 10.2. The van der Waals surface area contributed by atoms with Gasteiger partial charge in [-0.3, -0.25) is 4.90 Å². The maximum absolute atomic E-state index is 5.41. The first kappa shape index (κ1) is 15.5. The number of benzene rings is 1. The van der Waals surface area contributed by atoms with E-state index in [2.05, 4.69) is 23.1 Å². The molecule has 0 radical (unpaired) electrons. The van der Waals surface area contributed by atoms with Crippen LogP contribution in [0.25, 0.3) is 5.69 Å². The summed E-state index contributed by atoms with van der Waals surface area (Å²) < 4.78 is 12.6. The Balaban J connectivity index is 2.15. The van der Waals surface area contributed by atoms with Crippen LogP contribution in [-0.4, -0.2) is 48.6 Å². The summed E-state index contributed by atoms with van der Waals surface area (Å²) in [5, 5.41) is 4.32. The van der Waals surface area contributed by atoms with Crippen LogP contribution in [0.15, 0.2) is 36.7 Å². The normalized spacial score (nSPS) is 11.0. The number of ether oxygens (including phenoxy) is 2. The fraction of sp³-hybridized carbons (Fsp3) is 0.438. The number of likely N-dealkylation sites (N-methyl/N-ethyl adjacent to an activating group) is 1. The summed E-state index contributed by atoms with van der Waals surface area (Å²) in [7, 11) is 3.77. The summed E-state index contributed by atoms with van der Waals surface area (Å²) in [5.41, 5.74) is 2.25. The maximum atomic E-state index is 5.41. The van der Waals surface area contributed by atoms with Crippen molar-refractivity contribution in [3.05, 3.63) is 42.2 Å². The summed E-state index contributed by atoms with van der Waals surface area (Å²) in [4.78, 5) is 2.23. The Morgan fingerprint density at radius 2 is 2.19 bits per heavy atom. The van der Waals surface area contributed by atoms with E-state index in [0.29, 0.717) is 0 Å². The van der Waals surface area contributed by atoms with E-state index in [1.54, 1.807) is 13.3 Å². The van der Waals surface area contributed by atoms with Gasteiger partial charge in [0.2, 0.25) is 0 Å². The van der Waals surface area contributed by atoms with Crippen LogP contribution >= 0.6 is 0 Å². The summed E-state index contributed by atoms with van der Waals surface area (Å²) >= 11 is 0. The second-order valence-electron chi connectivity index (χ2n) is 4.88. The van der Waals surface area contributed by atoms with Gasteiger partial charge in [0.05, 0.1) is 19.4 Å². The number of methoxy groups -OCH3 is 1. The van der Waals surface area contributed by atoms with Gasteiger partial charge < -0.3 is 9.47 Å². The molecule has 21 heavy (non-hydrogen) atoms. The molecule has 1 heterocycles. The van der Waals surface area contributed by atoms with Crippen molar-refractivity contribution in [1.29, 1.82) is 0 Å². The second kappa shape index (κ2) is 7.81. The van der Waals surface area contributed by atoms with Crippen LogP contribution in [0.2, 0.25) is 0 Å². The van der Waals surface area contributed by atoms with Crippen molar-refractivity contribution in [3.63, 3.8) is 0 Å². The molecule has 0 amide bonds. The molecule has 0 saturated heterocycles. The van der Waals surface area contributed by atoms with Crippen LogP contribution in [-0.2, 0) is 11.3 Å². The average Bonchev–Trinajstić information content (AvgIpc) is 3.01. The Morgan fingerprint density at radius 3 is 2.86 bits per heavy atom. The van der Waals surface area contributed by atoms with Crippen molar-refractivity contribution in [2.24, 2.45) is 0 Å². The highest BCUT2D eigenvalue weighted by atomic mass is 16.5. The van der Waals surface area contributed by atoms with Crippen LogP contribution < -0.4 is 4.74 Å². The van der Waals surface area contributed by atoms with Crippen molar-refractivity contribution in [2.75, 3.05) is 33.9 Å². The number of aromatic nitrogens is 2. The second-order valence-corrected chi connectivity index (χ2v) is 4.88. The SMILES string of the molecule is CCOCCN(C)Cc1cc(OC)ccc1-n1cccn1. The van der Waals surface area contributed by atoms with E-state index in [-0.39, 0.29) is 0 Å². The lowest BCUT2D eigenvalue weighted by Gasteiger charge is -2.19. The molecule has 0 spiro atoms. The lowest BCUT2D eigenvalue weighted by Crippen LogP contribution is -2.23. The van der Waals surface area contributed by atoms with Gasteiger partial charge in [-0.1, -0.05) is 0 Å². The molecule has 1 aromatic heterocycles. The molecule has 0 aliphatic rings. The highest BCUT2D eigenvalue weighted by Gasteiger charge is 2.09. The molecule has 0 unspecified atom stereocenters. The Kier molecular flexibility index (Phi) is 5.78. The zero-order valence-corrected chi connectivity index (χ0v) is 13.0.